The van der Waals surface area contributed by atoms with Gasteiger partial charge < -0.3 is 15.1 Å². The first kappa shape index (κ1) is 19.3. The summed E-state index contributed by atoms with van der Waals surface area (Å²) in [7, 11) is 1.77. The van der Waals surface area contributed by atoms with Gasteiger partial charge in [-0.2, -0.15) is 5.10 Å². The van der Waals surface area contributed by atoms with Crippen LogP contribution < -0.4 is 0 Å². The molecular formula is C19H26N4O4. The number of rotatable bonds is 5. The molecule has 8 nitrogen and oxygen atoms in total. The van der Waals surface area contributed by atoms with Gasteiger partial charge in [0.25, 0.3) is 5.91 Å². The van der Waals surface area contributed by atoms with E-state index in [0.717, 1.165) is 5.52 Å². The smallest absolute Gasteiger partial charge is 0.314 e. The number of fused-ring (bicyclic) bond motifs is 1. The molecule has 0 radical (unpaired) electrons. The van der Waals surface area contributed by atoms with Gasteiger partial charge in [0.1, 0.15) is 10.9 Å². The van der Waals surface area contributed by atoms with Gasteiger partial charge in [-0.25, -0.2) is 0 Å². The number of carbonyl (C=O) groups excluding carboxylic acids is 1. The summed E-state index contributed by atoms with van der Waals surface area (Å²) in [5.74, 6) is -1.00. The number of aromatic nitrogens is 3. The van der Waals surface area contributed by atoms with Crippen LogP contribution in [0, 0.1) is 11.3 Å². The standard InChI is InChI=1S/C19H26N4O4/c1-12(2)4-6-19(18(26)27)11-23(7-5-16(19)24)17(25)13-8-15-14(20-9-13)10-21-22(15)3/h8-10,12,16,24H,4-7,11H2,1-3H3,(H,26,27)/t16-,19+/m0/s1. The first-order valence-electron chi connectivity index (χ1n) is 9.23. The maximum Gasteiger partial charge on any atom is 0.314 e. The van der Waals surface area contributed by atoms with Crippen molar-refractivity contribution in [3.8, 4) is 0 Å². The first-order valence-corrected chi connectivity index (χ1v) is 9.23. The Morgan fingerprint density at radius 2 is 2.11 bits per heavy atom. The fourth-order valence-corrected chi connectivity index (χ4v) is 3.69. The van der Waals surface area contributed by atoms with Crippen molar-refractivity contribution in [1.82, 2.24) is 19.7 Å². The largest absolute Gasteiger partial charge is 0.481 e. The molecule has 3 heterocycles. The van der Waals surface area contributed by atoms with Gasteiger partial charge in [-0.3, -0.25) is 19.3 Å². The summed E-state index contributed by atoms with van der Waals surface area (Å²) in [5.41, 5.74) is 0.496. The molecule has 8 heteroatoms. The highest BCUT2D eigenvalue weighted by molar-refractivity contribution is 5.97. The Labute approximate surface area is 157 Å². The average molecular weight is 374 g/mol. The Bertz CT molecular complexity index is 863. The van der Waals surface area contributed by atoms with Crippen molar-refractivity contribution in [1.29, 1.82) is 0 Å². The van der Waals surface area contributed by atoms with E-state index in [4.69, 9.17) is 0 Å². The van der Waals surface area contributed by atoms with Crippen LogP contribution in [-0.2, 0) is 11.8 Å². The Hall–Kier alpha value is -2.48. The lowest BCUT2D eigenvalue weighted by Gasteiger charge is -2.43. The van der Waals surface area contributed by atoms with E-state index >= 15 is 0 Å². The van der Waals surface area contributed by atoms with Gasteiger partial charge in [-0.1, -0.05) is 13.8 Å². The number of pyridine rings is 1. The van der Waals surface area contributed by atoms with Crippen molar-refractivity contribution < 1.29 is 19.8 Å². The van der Waals surface area contributed by atoms with E-state index in [1.54, 1.807) is 24.0 Å². The van der Waals surface area contributed by atoms with E-state index in [2.05, 4.69) is 10.1 Å². The van der Waals surface area contributed by atoms with Gasteiger partial charge in [0.05, 0.1) is 23.4 Å². The minimum Gasteiger partial charge on any atom is -0.481 e. The number of aliphatic carboxylic acids is 1. The topological polar surface area (TPSA) is 109 Å². The van der Waals surface area contributed by atoms with Crippen molar-refractivity contribution in [3.63, 3.8) is 0 Å². The number of aliphatic hydroxyl groups excluding tert-OH is 1. The average Bonchev–Trinajstić information content (AvgIpc) is 3.00. The van der Waals surface area contributed by atoms with E-state index in [0.29, 0.717) is 36.4 Å². The number of aliphatic hydroxyl groups is 1. The molecule has 3 rings (SSSR count). The molecule has 1 aliphatic rings. The molecule has 2 atom stereocenters. The summed E-state index contributed by atoms with van der Waals surface area (Å²) >= 11 is 0. The van der Waals surface area contributed by atoms with Crippen LogP contribution in [0.3, 0.4) is 0 Å². The number of piperidine rings is 1. The van der Waals surface area contributed by atoms with Crippen molar-refractivity contribution in [3.05, 3.63) is 24.0 Å². The van der Waals surface area contributed by atoms with Crippen molar-refractivity contribution in [2.45, 2.75) is 39.2 Å². The quantitative estimate of drug-likeness (QED) is 0.824. The second-order valence-electron chi connectivity index (χ2n) is 7.82. The van der Waals surface area contributed by atoms with E-state index in [9.17, 15) is 19.8 Å². The molecular weight excluding hydrogens is 348 g/mol. The van der Waals surface area contributed by atoms with Crippen LogP contribution in [0.15, 0.2) is 18.5 Å². The van der Waals surface area contributed by atoms with Gasteiger partial charge in [-0.05, 0) is 31.2 Å². The highest BCUT2D eigenvalue weighted by atomic mass is 16.4. The summed E-state index contributed by atoms with van der Waals surface area (Å²) < 4.78 is 1.64. The monoisotopic (exact) mass is 374 g/mol. The van der Waals surface area contributed by atoms with Crippen molar-refractivity contribution in [2.75, 3.05) is 13.1 Å². The molecule has 0 aliphatic carbocycles. The third-order valence-electron chi connectivity index (χ3n) is 5.51. The number of amides is 1. The summed E-state index contributed by atoms with van der Waals surface area (Å²) in [6.07, 6.45) is 3.42. The molecule has 1 aliphatic heterocycles. The van der Waals surface area contributed by atoms with Crippen LogP contribution in [0.5, 0.6) is 0 Å². The Kier molecular flexibility index (Phi) is 5.19. The van der Waals surface area contributed by atoms with Gasteiger partial charge >= 0.3 is 5.97 Å². The van der Waals surface area contributed by atoms with Crippen LogP contribution in [0.25, 0.3) is 11.0 Å². The number of hydrogen-bond acceptors (Lipinski definition) is 5. The van der Waals surface area contributed by atoms with Crippen LogP contribution in [0.4, 0.5) is 0 Å². The number of aryl methyl sites for hydroxylation is 1. The maximum absolute atomic E-state index is 13.0. The highest BCUT2D eigenvalue weighted by Gasteiger charge is 2.49. The minimum atomic E-state index is -1.33. The normalized spacial score (nSPS) is 23.1. The summed E-state index contributed by atoms with van der Waals surface area (Å²) in [6.45, 7) is 4.35. The maximum atomic E-state index is 13.0. The number of carboxylic acid groups (broad SMARTS) is 1. The van der Waals surface area contributed by atoms with Gasteiger partial charge in [0, 0.05) is 26.3 Å². The summed E-state index contributed by atoms with van der Waals surface area (Å²) in [5, 5.41) is 24.5. The molecule has 27 heavy (non-hydrogen) atoms. The van der Waals surface area contributed by atoms with Crippen LogP contribution in [0.2, 0.25) is 0 Å². The first-order chi connectivity index (χ1) is 12.7. The van der Waals surface area contributed by atoms with Crippen molar-refractivity contribution >= 4 is 22.9 Å². The molecule has 1 fully saturated rings. The number of nitrogens with zero attached hydrogens (tertiary/aromatic N) is 4. The predicted molar refractivity (Wildman–Crippen MR) is 99.2 cm³/mol. The number of hydrogen-bond donors (Lipinski definition) is 2. The fraction of sp³-hybridized carbons (Fsp3) is 0.579. The summed E-state index contributed by atoms with van der Waals surface area (Å²) in [4.78, 5) is 30.9. The van der Waals surface area contributed by atoms with Crippen LogP contribution in [-0.4, -0.2) is 60.9 Å². The third-order valence-corrected chi connectivity index (χ3v) is 5.51. The zero-order chi connectivity index (χ0) is 19.8. The SMILES string of the molecule is CC(C)CC[C@@]1(C(=O)O)CN(C(=O)c2cnc3cnn(C)c3c2)CC[C@@H]1O. The molecule has 2 aromatic heterocycles. The third kappa shape index (κ3) is 3.53. The number of carbonyl (C=O) groups is 2. The van der Waals surface area contributed by atoms with E-state index in [1.807, 2.05) is 13.8 Å². The number of carboxylic acids is 1. The van der Waals surface area contributed by atoms with E-state index < -0.39 is 17.5 Å². The lowest BCUT2D eigenvalue weighted by Crippen LogP contribution is -2.57. The lowest BCUT2D eigenvalue weighted by atomic mass is 9.72. The van der Waals surface area contributed by atoms with E-state index in [-0.39, 0.29) is 18.9 Å². The lowest BCUT2D eigenvalue weighted by molar-refractivity contribution is -0.163. The molecule has 0 saturated carbocycles. The zero-order valence-electron chi connectivity index (χ0n) is 15.9. The molecule has 2 N–H and O–H groups in total. The Morgan fingerprint density at radius 3 is 2.78 bits per heavy atom. The van der Waals surface area contributed by atoms with Gasteiger partial charge in [-0.15, -0.1) is 0 Å². The number of likely N-dealkylation sites (tertiary alicyclic amines) is 1. The Morgan fingerprint density at radius 1 is 1.37 bits per heavy atom. The minimum absolute atomic E-state index is 0.00151. The Balaban J connectivity index is 1.87. The second-order valence-corrected chi connectivity index (χ2v) is 7.82. The second kappa shape index (κ2) is 7.26. The molecule has 0 aromatic carbocycles. The van der Waals surface area contributed by atoms with E-state index in [1.165, 1.54) is 11.1 Å². The van der Waals surface area contributed by atoms with Gasteiger partial charge in [0.2, 0.25) is 0 Å². The molecule has 0 spiro atoms. The molecule has 0 bridgehead atoms. The van der Waals surface area contributed by atoms with Crippen LogP contribution >= 0.6 is 0 Å². The van der Waals surface area contributed by atoms with Gasteiger partial charge in [0.15, 0.2) is 0 Å². The van der Waals surface area contributed by atoms with Crippen molar-refractivity contribution in [2.24, 2.45) is 18.4 Å². The molecule has 146 valence electrons. The fourth-order valence-electron chi connectivity index (χ4n) is 3.69. The molecule has 0 unspecified atom stereocenters. The van der Waals surface area contributed by atoms with Crippen LogP contribution in [0.1, 0.15) is 43.5 Å². The zero-order valence-corrected chi connectivity index (χ0v) is 15.9. The molecule has 1 amide bonds. The highest BCUT2D eigenvalue weighted by Crippen LogP contribution is 2.37. The summed E-state index contributed by atoms with van der Waals surface area (Å²) in [6, 6.07) is 1.72. The molecule has 1 saturated heterocycles. The molecule has 2 aromatic rings. The predicted octanol–water partition coefficient (Wildman–Crippen LogP) is 1.68.